The Morgan fingerprint density at radius 3 is 0.664 bits per heavy atom. The Morgan fingerprint density at radius 2 is 0.449 bits per heavy atom. The lowest BCUT2D eigenvalue weighted by Gasteiger charge is -2.21. The zero-order chi connectivity index (χ0) is 78.8. The lowest BCUT2D eigenvalue weighted by atomic mass is 9.99. The summed E-state index contributed by atoms with van der Waals surface area (Å²) < 4.78 is 68.9. The van der Waals surface area contributed by atoms with E-state index in [1.165, 1.54) is 257 Å². The van der Waals surface area contributed by atoms with E-state index in [0.717, 1.165) is 120 Å². The van der Waals surface area contributed by atoms with Gasteiger partial charge in [0.25, 0.3) is 0 Å². The van der Waals surface area contributed by atoms with Crippen LogP contribution in [0.25, 0.3) is 0 Å². The molecular formula is C88H172O17P2. The van der Waals surface area contributed by atoms with Crippen molar-refractivity contribution < 1.29 is 80.2 Å². The fourth-order valence-electron chi connectivity index (χ4n) is 13.6. The van der Waals surface area contributed by atoms with Crippen molar-refractivity contribution in [1.29, 1.82) is 0 Å². The van der Waals surface area contributed by atoms with Crippen LogP contribution in [0.15, 0.2) is 0 Å². The highest BCUT2D eigenvalue weighted by molar-refractivity contribution is 7.47. The van der Waals surface area contributed by atoms with Gasteiger partial charge in [-0.3, -0.25) is 37.3 Å². The number of esters is 4. The van der Waals surface area contributed by atoms with Crippen molar-refractivity contribution in [2.45, 2.75) is 478 Å². The van der Waals surface area contributed by atoms with Gasteiger partial charge in [-0.15, -0.1) is 0 Å². The van der Waals surface area contributed by atoms with Gasteiger partial charge in [0.05, 0.1) is 26.4 Å². The van der Waals surface area contributed by atoms with E-state index < -0.39 is 97.5 Å². The molecule has 0 rings (SSSR count). The Hall–Kier alpha value is -1.94. The van der Waals surface area contributed by atoms with Gasteiger partial charge in [0.1, 0.15) is 19.3 Å². The van der Waals surface area contributed by atoms with Crippen molar-refractivity contribution in [3.63, 3.8) is 0 Å². The SMILES string of the molecule is CCC(C)CCCCCCCCCCCCCCCCCCCCC(=O)O[C@H](COC(=O)CCCCCCCCC(C)CC)COP(=O)(O)OC[C@H](O)COP(=O)(O)OC[C@@H](COC(=O)CCCCCCCCCCCCCCCCCCCCC(C)C)OC(=O)CCCCCCCCCCCCC(C)CC. The molecule has 636 valence electrons. The quantitative estimate of drug-likeness (QED) is 0.0222. The van der Waals surface area contributed by atoms with Crippen LogP contribution in [0.3, 0.4) is 0 Å². The van der Waals surface area contributed by atoms with Crippen molar-refractivity contribution in [1.82, 2.24) is 0 Å². The minimum Gasteiger partial charge on any atom is -0.462 e. The summed E-state index contributed by atoms with van der Waals surface area (Å²) in [5.74, 6) is 1.12. The average Bonchev–Trinajstić information content (AvgIpc) is 0.902. The van der Waals surface area contributed by atoms with Crippen LogP contribution in [-0.4, -0.2) is 96.7 Å². The second-order valence-corrected chi connectivity index (χ2v) is 35.7. The second-order valence-electron chi connectivity index (χ2n) is 32.8. The standard InChI is InChI=1S/C88H172O17P2/c1-9-79(6)65-57-49-41-35-29-25-21-17-13-15-19-23-27-31-38-44-54-62-70-87(92)105-84(75-99-86(91)69-61-53-47-46-51-59-67-81(8)11-3)77-103-107(96,97)101-73-82(89)72-100-106(94,95)102-76-83(104-88(93)71-63-55-45-39-33-32-36-42-50-58-66-80(7)10-2)74-98-85(90)68-60-52-43-37-30-26-22-18-14-12-16-20-24-28-34-40-48-56-64-78(4)5/h78-84,89H,9-77H2,1-8H3,(H,94,95)(H,96,97)/t79?,80?,81?,82-,83-,84-/m1/s1. The largest absolute Gasteiger partial charge is 0.472 e. The number of phosphoric ester groups is 2. The van der Waals surface area contributed by atoms with Gasteiger partial charge in [0.15, 0.2) is 12.2 Å². The highest BCUT2D eigenvalue weighted by Crippen LogP contribution is 2.45. The molecule has 8 atom stereocenters. The van der Waals surface area contributed by atoms with Crippen LogP contribution in [0.1, 0.15) is 460 Å². The zero-order valence-electron chi connectivity index (χ0n) is 70.8. The minimum atomic E-state index is -4.97. The molecule has 19 heteroatoms. The Morgan fingerprint density at radius 1 is 0.262 bits per heavy atom. The van der Waals surface area contributed by atoms with Crippen LogP contribution < -0.4 is 0 Å². The number of phosphoric acid groups is 2. The first-order valence-electron chi connectivity index (χ1n) is 45.3. The molecule has 0 aliphatic carbocycles. The number of ether oxygens (including phenoxy) is 4. The predicted molar refractivity (Wildman–Crippen MR) is 441 cm³/mol. The van der Waals surface area contributed by atoms with Crippen LogP contribution in [0.4, 0.5) is 0 Å². The highest BCUT2D eigenvalue weighted by atomic mass is 31.2. The Balaban J connectivity index is 5.18. The number of unbranched alkanes of at least 4 members (excludes halogenated alkanes) is 48. The third-order valence-electron chi connectivity index (χ3n) is 21.7. The topological polar surface area (TPSA) is 237 Å². The number of carbonyl (C=O) groups is 4. The molecule has 0 fully saturated rings. The van der Waals surface area contributed by atoms with Crippen molar-refractivity contribution >= 4 is 39.5 Å². The van der Waals surface area contributed by atoms with Crippen LogP contribution >= 0.6 is 15.6 Å². The van der Waals surface area contributed by atoms with Crippen molar-refractivity contribution in [2.75, 3.05) is 39.6 Å². The maximum absolute atomic E-state index is 13.1. The minimum absolute atomic E-state index is 0.107. The van der Waals surface area contributed by atoms with Crippen LogP contribution in [0, 0.1) is 23.7 Å². The number of aliphatic hydroxyl groups excluding tert-OH is 1. The second kappa shape index (κ2) is 76.7. The zero-order valence-corrected chi connectivity index (χ0v) is 72.6. The number of carbonyl (C=O) groups excluding carboxylic acids is 4. The average molecular weight is 1560 g/mol. The molecule has 0 heterocycles. The monoisotopic (exact) mass is 1560 g/mol. The number of rotatable bonds is 85. The first kappa shape index (κ1) is 105. The lowest BCUT2D eigenvalue weighted by Crippen LogP contribution is -2.30. The van der Waals surface area contributed by atoms with E-state index >= 15 is 0 Å². The van der Waals surface area contributed by atoms with Crippen LogP contribution in [0.5, 0.6) is 0 Å². The van der Waals surface area contributed by atoms with Crippen molar-refractivity contribution in [3.8, 4) is 0 Å². The Kier molecular flexibility index (Phi) is 75.3. The molecule has 0 bridgehead atoms. The summed E-state index contributed by atoms with van der Waals surface area (Å²) in [5.41, 5.74) is 0. The molecule has 0 saturated heterocycles. The van der Waals surface area contributed by atoms with Gasteiger partial charge >= 0.3 is 39.5 Å². The highest BCUT2D eigenvalue weighted by Gasteiger charge is 2.31. The van der Waals surface area contributed by atoms with Gasteiger partial charge in [-0.1, -0.05) is 409 Å². The molecule has 0 radical (unpaired) electrons. The number of hydrogen-bond donors (Lipinski definition) is 3. The van der Waals surface area contributed by atoms with Crippen LogP contribution in [0.2, 0.25) is 0 Å². The summed E-state index contributed by atoms with van der Waals surface area (Å²) in [7, 11) is -9.93. The summed E-state index contributed by atoms with van der Waals surface area (Å²) >= 11 is 0. The molecular weight excluding hydrogens is 1390 g/mol. The predicted octanol–water partition coefficient (Wildman–Crippen LogP) is 26.7. The summed E-state index contributed by atoms with van der Waals surface area (Å²) in [5, 5.41) is 10.7. The number of aliphatic hydroxyl groups is 1. The summed E-state index contributed by atoms with van der Waals surface area (Å²) in [6, 6.07) is 0. The van der Waals surface area contributed by atoms with E-state index in [1.807, 2.05) is 0 Å². The van der Waals surface area contributed by atoms with E-state index in [0.29, 0.717) is 25.7 Å². The molecule has 0 aliphatic rings. The lowest BCUT2D eigenvalue weighted by molar-refractivity contribution is -0.161. The normalized spacial score (nSPS) is 14.7. The molecule has 0 aromatic heterocycles. The summed E-state index contributed by atoms with van der Waals surface area (Å²) in [6.45, 7) is 14.4. The number of hydrogen-bond acceptors (Lipinski definition) is 15. The molecule has 3 N–H and O–H groups in total. The molecule has 5 unspecified atom stereocenters. The Labute approximate surface area is 658 Å². The third-order valence-corrected chi connectivity index (χ3v) is 23.6. The van der Waals surface area contributed by atoms with E-state index in [-0.39, 0.29) is 25.7 Å². The molecule has 0 spiro atoms. The van der Waals surface area contributed by atoms with E-state index in [2.05, 4.69) is 55.4 Å². The summed E-state index contributed by atoms with van der Waals surface area (Å²) in [6.07, 6.45) is 66.7. The van der Waals surface area contributed by atoms with Crippen LogP contribution in [-0.2, 0) is 65.4 Å². The van der Waals surface area contributed by atoms with Gasteiger partial charge in [-0.25, -0.2) is 9.13 Å². The van der Waals surface area contributed by atoms with Crippen molar-refractivity contribution in [2.24, 2.45) is 23.7 Å². The van der Waals surface area contributed by atoms with E-state index in [9.17, 15) is 43.2 Å². The van der Waals surface area contributed by atoms with Gasteiger partial charge in [-0.05, 0) is 49.4 Å². The molecule has 0 aromatic carbocycles. The van der Waals surface area contributed by atoms with Crippen molar-refractivity contribution in [3.05, 3.63) is 0 Å². The van der Waals surface area contributed by atoms with Gasteiger partial charge in [-0.2, -0.15) is 0 Å². The fourth-order valence-corrected chi connectivity index (χ4v) is 15.2. The first-order chi connectivity index (χ1) is 51.7. The molecule has 0 amide bonds. The fraction of sp³-hybridized carbons (Fsp3) is 0.955. The van der Waals surface area contributed by atoms with E-state index in [1.54, 1.807) is 0 Å². The first-order valence-corrected chi connectivity index (χ1v) is 48.3. The molecule has 0 aromatic rings. The molecule has 0 aliphatic heterocycles. The maximum atomic E-state index is 13.1. The van der Waals surface area contributed by atoms with Gasteiger partial charge in [0.2, 0.25) is 0 Å². The smallest absolute Gasteiger partial charge is 0.462 e. The molecule has 0 saturated carbocycles. The third kappa shape index (κ3) is 77.8. The van der Waals surface area contributed by atoms with Gasteiger partial charge < -0.3 is 33.8 Å². The van der Waals surface area contributed by atoms with E-state index in [4.69, 9.17) is 37.0 Å². The Bertz CT molecular complexity index is 2080. The maximum Gasteiger partial charge on any atom is 0.472 e. The molecule has 107 heavy (non-hydrogen) atoms. The molecule has 17 nitrogen and oxygen atoms in total. The summed E-state index contributed by atoms with van der Waals surface area (Å²) in [4.78, 5) is 73.2. The van der Waals surface area contributed by atoms with Gasteiger partial charge in [0, 0.05) is 25.7 Å².